The molecule has 0 spiro atoms. The van der Waals surface area contributed by atoms with E-state index < -0.39 is 0 Å². The van der Waals surface area contributed by atoms with Gasteiger partial charge in [0.15, 0.2) is 5.96 Å². The Morgan fingerprint density at radius 3 is 2.68 bits per heavy atom. The highest BCUT2D eigenvalue weighted by atomic mass is 127. The van der Waals surface area contributed by atoms with Gasteiger partial charge in [0, 0.05) is 23.0 Å². The molecule has 0 saturated heterocycles. The molecule has 0 bridgehead atoms. The molecule has 2 aromatic rings. The van der Waals surface area contributed by atoms with Crippen molar-refractivity contribution in [3.05, 3.63) is 39.8 Å². The van der Waals surface area contributed by atoms with Gasteiger partial charge in [0.2, 0.25) is 0 Å². The van der Waals surface area contributed by atoms with Crippen LogP contribution in [0.1, 0.15) is 15.4 Å². The first kappa shape index (κ1) is 16.0. The molecule has 19 heavy (non-hydrogen) atoms. The zero-order chi connectivity index (χ0) is 12.8. The highest BCUT2D eigenvalue weighted by Crippen LogP contribution is 2.14. The molecule has 0 amide bonds. The maximum Gasteiger partial charge on any atom is 0.191 e. The number of aromatic amines is 1. The third-order valence-electron chi connectivity index (χ3n) is 2.45. The first-order valence-corrected chi connectivity index (χ1v) is 6.57. The number of hydrogen-bond acceptors (Lipinski definition) is 3. The van der Waals surface area contributed by atoms with Gasteiger partial charge in [-0.25, -0.2) is 0 Å². The van der Waals surface area contributed by atoms with Gasteiger partial charge in [-0.1, -0.05) is 0 Å². The zero-order valence-corrected chi connectivity index (χ0v) is 14.1. The molecule has 0 aliphatic carbocycles. The topological polar surface area (TPSA) is 65.1 Å². The fourth-order valence-electron chi connectivity index (χ4n) is 1.53. The number of thiophene rings is 1. The minimum absolute atomic E-state index is 0. The Balaban J connectivity index is 0.00000180. The first-order chi connectivity index (χ1) is 8.78. The second-order valence-electron chi connectivity index (χ2n) is 3.87. The molecule has 0 unspecified atom stereocenters. The lowest BCUT2D eigenvalue weighted by atomic mass is 10.4. The number of H-pyrrole nitrogens is 1. The third-order valence-corrected chi connectivity index (χ3v) is 3.46. The number of nitrogens with one attached hydrogen (secondary N) is 3. The molecule has 0 aromatic carbocycles. The van der Waals surface area contributed by atoms with Crippen LogP contribution in [0.2, 0.25) is 0 Å². The largest absolute Gasteiger partial charge is 0.352 e. The lowest BCUT2D eigenvalue weighted by Crippen LogP contribution is -2.36. The van der Waals surface area contributed by atoms with Gasteiger partial charge in [-0.2, -0.15) is 5.10 Å². The standard InChI is InChI=1S/C12H17N5S.HI/c1-9-3-4-11(18-9)8-15-12(13-2)14-7-10-5-6-16-17-10;/h3-6H,7-8H2,1-2H3,(H,16,17)(H2,13,14,15);1H. The third kappa shape index (κ3) is 5.19. The quantitative estimate of drug-likeness (QED) is 0.426. The Morgan fingerprint density at radius 2 is 2.11 bits per heavy atom. The van der Waals surface area contributed by atoms with Gasteiger partial charge in [-0.15, -0.1) is 35.3 Å². The molecule has 2 heterocycles. The Bertz CT molecular complexity index is 506. The van der Waals surface area contributed by atoms with Crippen molar-refractivity contribution >= 4 is 41.3 Å². The first-order valence-electron chi connectivity index (χ1n) is 5.76. The summed E-state index contributed by atoms with van der Waals surface area (Å²) in [5.74, 6) is 0.788. The molecule has 0 aliphatic heterocycles. The van der Waals surface area contributed by atoms with Crippen molar-refractivity contribution in [1.82, 2.24) is 20.8 Å². The molecule has 104 valence electrons. The van der Waals surface area contributed by atoms with E-state index in [0.29, 0.717) is 6.54 Å². The van der Waals surface area contributed by atoms with E-state index in [1.807, 2.05) is 6.07 Å². The Kier molecular flexibility index (Phi) is 6.85. The second-order valence-corrected chi connectivity index (χ2v) is 5.25. The number of halogens is 1. The van der Waals surface area contributed by atoms with Gasteiger partial charge >= 0.3 is 0 Å². The SMILES string of the molecule is CN=C(NCc1ccn[nH]1)NCc1ccc(C)s1.I. The molecule has 0 saturated carbocycles. The van der Waals surface area contributed by atoms with Gasteiger partial charge < -0.3 is 10.6 Å². The normalized spacial score (nSPS) is 10.9. The minimum atomic E-state index is 0. The number of aryl methyl sites for hydroxylation is 1. The van der Waals surface area contributed by atoms with Gasteiger partial charge in [0.25, 0.3) is 0 Å². The summed E-state index contributed by atoms with van der Waals surface area (Å²) in [5, 5.41) is 13.3. The molecule has 7 heteroatoms. The molecule has 0 aliphatic rings. The van der Waals surface area contributed by atoms with Gasteiger partial charge in [-0.3, -0.25) is 10.1 Å². The Morgan fingerprint density at radius 1 is 1.32 bits per heavy atom. The van der Waals surface area contributed by atoms with Crippen molar-refractivity contribution in [2.75, 3.05) is 7.05 Å². The summed E-state index contributed by atoms with van der Waals surface area (Å²) < 4.78 is 0. The Labute approximate surface area is 133 Å². The van der Waals surface area contributed by atoms with Crippen LogP contribution >= 0.6 is 35.3 Å². The monoisotopic (exact) mass is 391 g/mol. The van der Waals surface area contributed by atoms with Crippen LogP contribution in [0.5, 0.6) is 0 Å². The van der Waals surface area contributed by atoms with E-state index in [2.05, 4.69) is 44.9 Å². The average molecular weight is 391 g/mol. The Hall–Kier alpha value is -1.09. The van der Waals surface area contributed by atoms with Gasteiger partial charge in [-0.05, 0) is 25.1 Å². The molecule has 0 atom stereocenters. The number of nitrogens with zero attached hydrogens (tertiary/aromatic N) is 2. The summed E-state index contributed by atoms with van der Waals surface area (Å²) in [6.07, 6.45) is 1.74. The number of guanidine groups is 1. The van der Waals surface area contributed by atoms with Crippen LogP contribution in [-0.2, 0) is 13.1 Å². The van der Waals surface area contributed by atoms with Crippen LogP contribution in [0, 0.1) is 6.92 Å². The summed E-state index contributed by atoms with van der Waals surface area (Å²) in [7, 11) is 1.77. The van der Waals surface area contributed by atoms with E-state index in [0.717, 1.165) is 18.2 Å². The number of aliphatic imine (C=N–C) groups is 1. The molecule has 3 N–H and O–H groups in total. The second kappa shape index (κ2) is 8.16. The summed E-state index contributed by atoms with van der Waals surface area (Å²) in [6.45, 7) is 3.59. The van der Waals surface area contributed by atoms with E-state index in [-0.39, 0.29) is 24.0 Å². The smallest absolute Gasteiger partial charge is 0.191 e. The minimum Gasteiger partial charge on any atom is -0.352 e. The van der Waals surface area contributed by atoms with Crippen molar-refractivity contribution in [3.8, 4) is 0 Å². The molecule has 2 rings (SSSR count). The van der Waals surface area contributed by atoms with Crippen LogP contribution in [0.15, 0.2) is 29.4 Å². The predicted molar refractivity (Wildman–Crippen MR) is 90.1 cm³/mol. The maximum atomic E-state index is 4.17. The molecular formula is C12H18IN5S. The lowest BCUT2D eigenvalue weighted by molar-refractivity contribution is 0.794. The molecule has 0 fully saturated rings. The fraction of sp³-hybridized carbons (Fsp3) is 0.333. The van der Waals surface area contributed by atoms with Crippen molar-refractivity contribution < 1.29 is 0 Å². The van der Waals surface area contributed by atoms with E-state index >= 15 is 0 Å². The van der Waals surface area contributed by atoms with Crippen molar-refractivity contribution in [3.63, 3.8) is 0 Å². The fourth-order valence-corrected chi connectivity index (χ4v) is 2.36. The summed E-state index contributed by atoms with van der Waals surface area (Å²) in [4.78, 5) is 6.80. The molecular weight excluding hydrogens is 373 g/mol. The van der Waals surface area contributed by atoms with Gasteiger partial charge in [0.05, 0.1) is 18.8 Å². The highest BCUT2D eigenvalue weighted by Gasteiger charge is 2.00. The summed E-state index contributed by atoms with van der Waals surface area (Å²) >= 11 is 1.79. The number of aromatic nitrogens is 2. The average Bonchev–Trinajstić information content (AvgIpc) is 3.01. The van der Waals surface area contributed by atoms with E-state index in [1.54, 1.807) is 24.6 Å². The van der Waals surface area contributed by atoms with Crippen molar-refractivity contribution in [2.24, 2.45) is 4.99 Å². The molecule has 5 nitrogen and oxygen atoms in total. The van der Waals surface area contributed by atoms with Crippen LogP contribution in [-0.4, -0.2) is 23.2 Å². The lowest BCUT2D eigenvalue weighted by Gasteiger charge is -2.10. The summed E-state index contributed by atoms with van der Waals surface area (Å²) in [5.41, 5.74) is 1.03. The van der Waals surface area contributed by atoms with Crippen LogP contribution in [0.4, 0.5) is 0 Å². The molecule has 0 radical (unpaired) electrons. The maximum absolute atomic E-state index is 4.17. The zero-order valence-electron chi connectivity index (χ0n) is 10.9. The van der Waals surface area contributed by atoms with Crippen LogP contribution in [0.3, 0.4) is 0 Å². The highest BCUT2D eigenvalue weighted by molar-refractivity contribution is 14.0. The van der Waals surface area contributed by atoms with E-state index in [9.17, 15) is 0 Å². The predicted octanol–water partition coefficient (Wildman–Crippen LogP) is 2.26. The van der Waals surface area contributed by atoms with E-state index in [1.165, 1.54) is 9.75 Å². The van der Waals surface area contributed by atoms with Crippen LogP contribution < -0.4 is 10.6 Å². The van der Waals surface area contributed by atoms with Crippen molar-refractivity contribution in [2.45, 2.75) is 20.0 Å². The number of rotatable bonds is 4. The molecule has 2 aromatic heterocycles. The van der Waals surface area contributed by atoms with E-state index in [4.69, 9.17) is 0 Å². The van der Waals surface area contributed by atoms with Crippen molar-refractivity contribution in [1.29, 1.82) is 0 Å². The van der Waals surface area contributed by atoms with Gasteiger partial charge in [0.1, 0.15) is 0 Å². The number of hydrogen-bond donors (Lipinski definition) is 3. The van der Waals surface area contributed by atoms with Crippen LogP contribution in [0.25, 0.3) is 0 Å². The summed E-state index contributed by atoms with van der Waals surface area (Å²) in [6, 6.07) is 6.19.